The second-order valence-electron chi connectivity index (χ2n) is 4.55. The van der Waals surface area contributed by atoms with Gasteiger partial charge in [0, 0.05) is 0 Å². The first-order chi connectivity index (χ1) is 11.8. The van der Waals surface area contributed by atoms with E-state index in [1.807, 2.05) is 0 Å². The van der Waals surface area contributed by atoms with E-state index in [4.69, 9.17) is 9.47 Å². The molecule has 0 saturated carbocycles. The number of ether oxygens (including phenoxy) is 2. The van der Waals surface area contributed by atoms with Crippen molar-refractivity contribution in [3.63, 3.8) is 0 Å². The number of nitrogens with one attached hydrogen (secondary N) is 3. The predicted molar refractivity (Wildman–Crippen MR) is 88.8 cm³/mol. The monoisotopic (exact) mass is 368 g/mol. The van der Waals surface area contributed by atoms with Gasteiger partial charge in [0.2, 0.25) is 5.95 Å². The molecule has 3 N–H and O–H groups in total. The highest BCUT2D eigenvalue weighted by Gasteiger charge is 2.17. The number of nitrogens with zero attached hydrogens (tertiary/aromatic N) is 3. The SMILES string of the molecule is COc1nc(C)nc(NC(=O)NS(=O)(=O)Nc2ccccc2OC)n1. The summed E-state index contributed by atoms with van der Waals surface area (Å²) in [4.78, 5) is 23.4. The standard InChI is InChI=1S/C13H16N6O5S/c1-8-14-11(17-13(15-8)24-3)16-12(20)19-25(21,22)18-9-6-4-5-7-10(9)23-2/h4-7,18H,1-3H3,(H2,14,15,16,17,19,20). The summed E-state index contributed by atoms with van der Waals surface area (Å²) >= 11 is 0. The number of aryl methyl sites for hydroxylation is 1. The first kappa shape index (κ1) is 18.2. The number of urea groups is 1. The molecule has 0 radical (unpaired) electrons. The number of carbonyl (C=O) groups is 1. The fourth-order valence-electron chi connectivity index (χ4n) is 1.75. The topological polar surface area (TPSA) is 144 Å². The van der Waals surface area contributed by atoms with Gasteiger partial charge in [-0.2, -0.15) is 23.4 Å². The lowest BCUT2D eigenvalue weighted by Gasteiger charge is -2.12. The van der Waals surface area contributed by atoms with Gasteiger partial charge >= 0.3 is 22.3 Å². The molecule has 0 saturated heterocycles. The Hall–Kier alpha value is -3.15. The van der Waals surface area contributed by atoms with E-state index in [0.717, 1.165) is 0 Å². The van der Waals surface area contributed by atoms with E-state index in [-0.39, 0.29) is 23.5 Å². The molecule has 134 valence electrons. The third kappa shape index (κ3) is 5.17. The first-order valence-electron chi connectivity index (χ1n) is 6.84. The average Bonchev–Trinajstić information content (AvgIpc) is 2.53. The number of rotatable bonds is 6. The second kappa shape index (κ2) is 7.61. The van der Waals surface area contributed by atoms with Crippen molar-refractivity contribution >= 4 is 27.9 Å². The summed E-state index contributed by atoms with van der Waals surface area (Å²) in [6.07, 6.45) is 0. The van der Waals surface area contributed by atoms with E-state index in [2.05, 4.69) is 25.0 Å². The van der Waals surface area contributed by atoms with E-state index in [1.165, 1.54) is 20.3 Å². The summed E-state index contributed by atoms with van der Waals surface area (Å²) in [7, 11) is -1.47. The number of anilines is 2. The zero-order chi connectivity index (χ0) is 18.4. The van der Waals surface area contributed by atoms with Gasteiger partial charge < -0.3 is 9.47 Å². The van der Waals surface area contributed by atoms with Gasteiger partial charge in [-0.15, -0.1) is 0 Å². The molecule has 2 amide bonds. The average molecular weight is 368 g/mol. The Morgan fingerprint density at radius 3 is 2.48 bits per heavy atom. The van der Waals surface area contributed by atoms with Crippen LogP contribution in [0.1, 0.15) is 5.82 Å². The van der Waals surface area contributed by atoms with Gasteiger partial charge in [0.15, 0.2) is 0 Å². The van der Waals surface area contributed by atoms with E-state index < -0.39 is 16.2 Å². The maximum absolute atomic E-state index is 12.0. The number of para-hydroxylation sites is 2. The van der Waals surface area contributed by atoms with Gasteiger partial charge in [0.25, 0.3) is 0 Å². The van der Waals surface area contributed by atoms with Gasteiger partial charge in [-0.1, -0.05) is 12.1 Å². The highest BCUT2D eigenvalue weighted by molar-refractivity contribution is 7.91. The number of hydrogen-bond acceptors (Lipinski definition) is 8. The van der Waals surface area contributed by atoms with Crippen LogP contribution in [-0.2, 0) is 10.2 Å². The van der Waals surface area contributed by atoms with E-state index in [1.54, 1.807) is 29.8 Å². The predicted octanol–water partition coefficient (Wildman–Crippen LogP) is 0.676. The molecular formula is C13H16N6O5S. The molecule has 0 unspecified atom stereocenters. The molecule has 0 aliphatic carbocycles. The molecule has 0 spiro atoms. The quantitative estimate of drug-likeness (QED) is 0.675. The molecule has 0 aliphatic heterocycles. The van der Waals surface area contributed by atoms with Crippen LogP contribution < -0.4 is 24.2 Å². The van der Waals surface area contributed by atoms with Crippen molar-refractivity contribution in [3.05, 3.63) is 30.1 Å². The van der Waals surface area contributed by atoms with Crippen molar-refractivity contribution in [1.29, 1.82) is 0 Å². The summed E-state index contributed by atoms with van der Waals surface area (Å²) < 4.78 is 37.9. The maximum Gasteiger partial charge on any atom is 0.336 e. The molecular weight excluding hydrogens is 352 g/mol. The largest absolute Gasteiger partial charge is 0.495 e. The van der Waals surface area contributed by atoms with Crippen LogP contribution in [0.3, 0.4) is 0 Å². The minimum Gasteiger partial charge on any atom is -0.495 e. The Morgan fingerprint density at radius 1 is 1.08 bits per heavy atom. The molecule has 0 atom stereocenters. The summed E-state index contributed by atoms with van der Waals surface area (Å²) in [5, 5.41) is 2.19. The smallest absolute Gasteiger partial charge is 0.336 e. The molecule has 25 heavy (non-hydrogen) atoms. The van der Waals surface area contributed by atoms with Gasteiger partial charge in [0.1, 0.15) is 11.6 Å². The van der Waals surface area contributed by atoms with Crippen LogP contribution >= 0.6 is 0 Å². The van der Waals surface area contributed by atoms with Crippen LogP contribution in [-0.4, -0.2) is 43.6 Å². The molecule has 11 nitrogen and oxygen atoms in total. The molecule has 2 aromatic rings. The Balaban J connectivity index is 2.07. The lowest BCUT2D eigenvalue weighted by molar-refractivity contribution is 0.256. The number of aromatic nitrogens is 3. The Bertz CT molecular complexity index is 873. The summed E-state index contributed by atoms with van der Waals surface area (Å²) in [5.74, 6) is 0.428. The lowest BCUT2D eigenvalue weighted by Crippen LogP contribution is -2.38. The third-order valence-corrected chi connectivity index (χ3v) is 3.66. The number of hydrogen-bond donors (Lipinski definition) is 3. The summed E-state index contributed by atoms with van der Waals surface area (Å²) in [6.45, 7) is 1.56. The Morgan fingerprint density at radius 2 is 1.80 bits per heavy atom. The normalized spacial score (nSPS) is 10.7. The third-order valence-electron chi connectivity index (χ3n) is 2.71. The minimum absolute atomic E-state index is 0.0159. The number of methoxy groups -OCH3 is 2. The summed E-state index contributed by atoms with van der Waals surface area (Å²) in [6, 6.07) is 5.26. The van der Waals surface area contributed by atoms with Crippen LogP contribution in [0, 0.1) is 6.92 Å². The van der Waals surface area contributed by atoms with E-state index in [9.17, 15) is 13.2 Å². The van der Waals surface area contributed by atoms with Crippen molar-refractivity contribution in [2.24, 2.45) is 0 Å². The minimum atomic E-state index is -4.21. The number of benzene rings is 1. The highest BCUT2D eigenvalue weighted by atomic mass is 32.2. The maximum atomic E-state index is 12.0. The zero-order valence-electron chi connectivity index (χ0n) is 13.6. The Kier molecular flexibility index (Phi) is 5.54. The first-order valence-corrected chi connectivity index (χ1v) is 8.32. The van der Waals surface area contributed by atoms with Crippen molar-refractivity contribution in [3.8, 4) is 11.8 Å². The molecule has 0 fully saturated rings. The van der Waals surface area contributed by atoms with Crippen molar-refractivity contribution in [2.75, 3.05) is 24.3 Å². The van der Waals surface area contributed by atoms with Crippen LogP contribution in [0.25, 0.3) is 0 Å². The molecule has 2 rings (SSSR count). The van der Waals surface area contributed by atoms with E-state index >= 15 is 0 Å². The zero-order valence-corrected chi connectivity index (χ0v) is 14.4. The molecule has 0 bridgehead atoms. The number of amides is 2. The van der Waals surface area contributed by atoms with Crippen LogP contribution in [0.2, 0.25) is 0 Å². The van der Waals surface area contributed by atoms with Gasteiger partial charge in [-0.25, -0.2) is 9.52 Å². The molecule has 1 aromatic heterocycles. The fourth-order valence-corrected chi connectivity index (χ4v) is 2.56. The molecule has 1 heterocycles. The summed E-state index contributed by atoms with van der Waals surface area (Å²) in [5.41, 5.74) is 0.169. The van der Waals surface area contributed by atoms with Crippen LogP contribution in [0.4, 0.5) is 16.4 Å². The van der Waals surface area contributed by atoms with Crippen molar-refractivity contribution < 1.29 is 22.7 Å². The molecule has 1 aromatic carbocycles. The Labute approximate surface area is 144 Å². The fraction of sp³-hybridized carbons (Fsp3) is 0.231. The molecule has 12 heteroatoms. The number of carbonyl (C=O) groups excluding carboxylic acids is 1. The highest BCUT2D eigenvalue weighted by Crippen LogP contribution is 2.23. The lowest BCUT2D eigenvalue weighted by atomic mass is 10.3. The van der Waals surface area contributed by atoms with Crippen LogP contribution in [0.5, 0.6) is 11.8 Å². The molecule has 0 aliphatic rings. The van der Waals surface area contributed by atoms with Crippen LogP contribution in [0.15, 0.2) is 24.3 Å². The van der Waals surface area contributed by atoms with Gasteiger partial charge in [-0.3, -0.25) is 10.0 Å². The van der Waals surface area contributed by atoms with Gasteiger partial charge in [-0.05, 0) is 19.1 Å². The van der Waals surface area contributed by atoms with Gasteiger partial charge in [0.05, 0.1) is 19.9 Å². The van der Waals surface area contributed by atoms with Crippen molar-refractivity contribution in [2.45, 2.75) is 6.92 Å². The van der Waals surface area contributed by atoms with Crippen molar-refractivity contribution in [1.82, 2.24) is 19.7 Å². The van der Waals surface area contributed by atoms with E-state index in [0.29, 0.717) is 5.75 Å². The second-order valence-corrected chi connectivity index (χ2v) is 5.97.